The minimum atomic E-state index is -0.527. The number of nitrogens with zero attached hydrogens (tertiary/aromatic N) is 1. The van der Waals surface area contributed by atoms with Gasteiger partial charge < -0.3 is 14.8 Å². The number of carbonyl (C=O) groups is 2. The van der Waals surface area contributed by atoms with Crippen LogP contribution >= 0.6 is 11.3 Å². The Balaban J connectivity index is 1.22. The van der Waals surface area contributed by atoms with Crippen LogP contribution in [0.2, 0.25) is 0 Å². The van der Waals surface area contributed by atoms with Gasteiger partial charge >= 0.3 is 6.03 Å². The lowest BCUT2D eigenvalue weighted by Gasteiger charge is -2.33. The first-order valence-electron chi connectivity index (χ1n) is 9.48. The normalized spacial score (nSPS) is 20.9. The predicted octanol–water partition coefficient (Wildman–Crippen LogP) is 4.10. The van der Waals surface area contributed by atoms with E-state index in [-0.39, 0.29) is 17.9 Å². The highest BCUT2D eigenvalue weighted by Gasteiger charge is 2.37. The number of nitrogens with one attached hydrogen (secondary N) is 2. The van der Waals surface area contributed by atoms with Crippen molar-refractivity contribution in [1.82, 2.24) is 10.3 Å². The molecule has 0 bridgehead atoms. The molecule has 0 atom stereocenters. The molecule has 0 radical (unpaired) electrons. The molecule has 28 heavy (non-hydrogen) atoms. The summed E-state index contributed by atoms with van der Waals surface area (Å²) in [6, 6.07) is 4.76. The molecule has 2 aromatic rings. The molecule has 7 nitrogen and oxygen atoms in total. The summed E-state index contributed by atoms with van der Waals surface area (Å²) in [7, 11) is 0. The standard InChI is InChI=1S/C20H23N3O4S/c1-12-8-15(4-5-17(12)27-20-21-6-7-28-20)22-19(25)23-18(24)14-9-16(10-14)26-11-13-2-3-13/h4-8,13-14,16H,2-3,9-11H2,1H3,(H2,22,23,24,25). The number of aryl methyl sites for hydroxylation is 1. The summed E-state index contributed by atoms with van der Waals surface area (Å²) >= 11 is 1.41. The van der Waals surface area contributed by atoms with Crippen LogP contribution in [0.3, 0.4) is 0 Å². The fourth-order valence-corrected chi connectivity index (χ4v) is 3.54. The number of hydrogen-bond acceptors (Lipinski definition) is 6. The van der Waals surface area contributed by atoms with Crippen molar-refractivity contribution in [2.24, 2.45) is 11.8 Å². The van der Waals surface area contributed by atoms with Crippen LogP contribution in [0.5, 0.6) is 10.9 Å². The van der Waals surface area contributed by atoms with E-state index in [1.54, 1.807) is 24.4 Å². The maximum atomic E-state index is 12.2. The van der Waals surface area contributed by atoms with Gasteiger partial charge in [0.05, 0.1) is 6.10 Å². The second-order valence-corrected chi connectivity index (χ2v) is 8.25. The summed E-state index contributed by atoms with van der Waals surface area (Å²) < 4.78 is 11.4. The fourth-order valence-electron chi connectivity index (χ4n) is 3.05. The predicted molar refractivity (Wildman–Crippen MR) is 106 cm³/mol. The molecule has 2 fully saturated rings. The molecule has 2 saturated carbocycles. The van der Waals surface area contributed by atoms with Crippen molar-refractivity contribution in [3.05, 3.63) is 35.3 Å². The first kappa shape index (κ1) is 18.9. The second kappa shape index (κ2) is 8.28. The van der Waals surface area contributed by atoms with Crippen LogP contribution in [0.1, 0.15) is 31.2 Å². The molecule has 1 heterocycles. The Kier molecular flexibility index (Phi) is 5.59. The van der Waals surface area contributed by atoms with Gasteiger partial charge in [-0.25, -0.2) is 9.78 Å². The van der Waals surface area contributed by atoms with Crippen molar-refractivity contribution in [2.45, 2.75) is 38.7 Å². The van der Waals surface area contributed by atoms with E-state index in [4.69, 9.17) is 9.47 Å². The average molecular weight is 401 g/mol. The monoisotopic (exact) mass is 401 g/mol. The highest BCUT2D eigenvalue weighted by Crippen LogP contribution is 2.34. The van der Waals surface area contributed by atoms with Crippen molar-refractivity contribution < 1.29 is 19.1 Å². The number of anilines is 1. The van der Waals surface area contributed by atoms with Crippen molar-refractivity contribution in [3.8, 4) is 10.9 Å². The minimum Gasteiger partial charge on any atom is -0.431 e. The molecule has 2 aliphatic carbocycles. The SMILES string of the molecule is Cc1cc(NC(=O)NC(=O)C2CC(OCC3CC3)C2)ccc1Oc1nccs1. The van der Waals surface area contributed by atoms with Gasteiger partial charge in [0, 0.05) is 29.8 Å². The van der Waals surface area contributed by atoms with Gasteiger partial charge in [0.15, 0.2) is 0 Å². The third-order valence-electron chi connectivity index (χ3n) is 5.01. The van der Waals surface area contributed by atoms with Crippen LogP contribution in [0.15, 0.2) is 29.8 Å². The second-order valence-electron chi connectivity index (χ2n) is 7.39. The van der Waals surface area contributed by atoms with Crippen LogP contribution in [0, 0.1) is 18.8 Å². The number of ether oxygens (including phenoxy) is 2. The van der Waals surface area contributed by atoms with Gasteiger partial charge in [-0.1, -0.05) is 11.3 Å². The molecule has 2 aliphatic rings. The Morgan fingerprint density at radius 2 is 2.11 bits per heavy atom. The molecular formula is C20H23N3O4S. The number of aromatic nitrogens is 1. The lowest BCUT2D eigenvalue weighted by atomic mass is 9.81. The lowest BCUT2D eigenvalue weighted by Crippen LogP contribution is -2.45. The zero-order valence-electron chi connectivity index (χ0n) is 15.6. The number of rotatable bonds is 7. The molecule has 0 spiro atoms. The van der Waals surface area contributed by atoms with Gasteiger partial charge in [-0.15, -0.1) is 0 Å². The minimum absolute atomic E-state index is 0.147. The maximum Gasteiger partial charge on any atom is 0.325 e. The third kappa shape index (κ3) is 4.88. The van der Waals surface area contributed by atoms with E-state index in [1.165, 1.54) is 24.2 Å². The van der Waals surface area contributed by atoms with Crippen LogP contribution in [-0.4, -0.2) is 29.6 Å². The van der Waals surface area contributed by atoms with E-state index < -0.39 is 6.03 Å². The third-order valence-corrected chi connectivity index (χ3v) is 5.65. The van der Waals surface area contributed by atoms with Gasteiger partial charge in [-0.2, -0.15) is 0 Å². The topological polar surface area (TPSA) is 89.6 Å². The molecule has 1 aromatic heterocycles. The molecule has 1 aromatic carbocycles. The highest BCUT2D eigenvalue weighted by molar-refractivity contribution is 7.11. The molecular weight excluding hydrogens is 378 g/mol. The fraction of sp³-hybridized carbons (Fsp3) is 0.450. The van der Waals surface area contributed by atoms with Gasteiger partial charge in [-0.05, 0) is 62.3 Å². The summed E-state index contributed by atoms with van der Waals surface area (Å²) in [6.07, 6.45) is 5.73. The molecule has 2 N–H and O–H groups in total. The molecule has 0 saturated heterocycles. The zero-order valence-corrected chi connectivity index (χ0v) is 16.5. The molecule has 3 amide bonds. The van der Waals surface area contributed by atoms with Crippen LogP contribution < -0.4 is 15.4 Å². The molecule has 4 rings (SSSR count). The van der Waals surface area contributed by atoms with Crippen molar-refractivity contribution in [1.29, 1.82) is 0 Å². The Morgan fingerprint density at radius 1 is 1.29 bits per heavy atom. The van der Waals surface area contributed by atoms with Crippen LogP contribution in [-0.2, 0) is 9.53 Å². The maximum absolute atomic E-state index is 12.2. The van der Waals surface area contributed by atoms with Gasteiger partial charge in [0.2, 0.25) is 5.91 Å². The number of hydrogen-bond donors (Lipinski definition) is 2. The van der Waals surface area contributed by atoms with Crippen molar-refractivity contribution in [3.63, 3.8) is 0 Å². The number of imide groups is 1. The van der Waals surface area contributed by atoms with E-state index in [0.717, 1.165) is 18.1 Å². The van der Waals surface area contributed by atoms with Gasteiger partial charge in [-0.3, -0.25) is 10.1 Å². The zero-order chi connectivity index (χ0) is 19.5. The Bertz CT molecular complexity index is 845. The van der Waals surface area contributed by atoms with Crippen LogP contribution in [0.4, 0.5) is 10.5 Å². The summed E-state index contributed by atoms with van der Waals surface area (Å²) in [5.41, 5.74) is 1.45. The quantitative estimate of drug-likeness (QED) is 0.729. The number of benzene rings is 1. The Hall–Kier alpha value is -2.45. The lowest BCUT2D eigenvalue weighted by molar-refractivity contribution is -0.132. The molecule has 0 aliphatic heterocycles. The van der Waals surface area contributed by atoms with Crippen molar-refractivity contribution >= 4 is 29.0 Å². The van der Waals surface area contributed by atoms with Gasteiger partial charge in [0.1, 0.15) is 5.75 Å². The van der Waals surface area contributed by atoms with Crippen LogP contribution in [0.25, 0.3) is 0 Å². The first-order chi connectivity index (χ1) is 13.6. The summed E-state index contributed by atoms with van der Waals surface area (Å²) in [5.74, 6) is 0.999. The van der Waals surface area contributed by atoms with E-state index in [9.17, 15) is 9.59 Å². The largest absolute Gasteiger partial charge is 0.431 e. The molecule has 8 heteroatoms. The van der Waals surface area contributed by atoms with E-state index >= 15 is 0 Å². The van der Waals surface area contributed by atoms with Gasteiger partial charge in [0.25, 0.3) is 5.19 Å². The van der Waals surface area contributed by atoms with Crippen molar-refractivity contribution in [2.75, 3.05) is 11.9 Å². The average Bonchev–Trinajstić information content (AvgIpc) is 3.30. The number of amides is 3. The highest BCUT2D eigenvalue weighted by atomic mass is 32.1. The number of carbonyl (C=O) groups excluding carboxylic acids is 2. The summed E-state index contributed by atoms with van der Waals surface area (Å²) in [6.45, 7) is 2.69. The smallest absolute Gasteiger partial charge is 0.325 e. The number of thiazole rings is 1. The Morgan fingerprint density at radius 3 is 2.79 bits per heavy atom. The van der Waals surface area contributed by atoms with E-state index in [0.29, 0.717) is 29.5 Å². The summed E-state index contributed by atoms with van der Waals surface area (Å²) in [4.78, 5) is 28.4. The molecule has 0 unspecified atom stereocenters. The van der Waals surface area contributed by atoms with E-state index in [1.807, 2.05) is 12.3 Å². The first-order valence-corrected chi connectivity index (χ1v) is 10.4. The van der Waals surface area contributed by atoms with E-state index in [2.05, 4.69) is 15.6 Å². The Labute approximate surface area is 167 Å². The number of urea groups is 1. The molecule has 148 valence electrons. The summed E-state index contributed by atoms with van der Waals surface area (Å²) in [5, 5.41) is 7.51.